The number of alkyl halides is 1. The highest BCUT2D eigenvalue weighted by molar-refractivity contribution is 7.91. The highest BCUT2D eigenvalue weighted by Gasteiger charge is 2.27. The fourth-order valence-corrected chi connectivity index (χ4v) is 6.26. The number of rotatable bonds is 15. The second-order valence-electron chi connectivity index (χ2n) is 10.1. The van der Waals surface area contributed by atoms with Crippen LogP contribution in [0.15, 0.2) is 83.3 Å². The molecule has 0 saturated heterocycles. The molecular weight excluding hydrogens is 639 g/mol. The number of halogens is 1. The molecule has 5 aromatic rings. The summed E-state index contributed by atoms with van der Waals surface area (Å²) in [4.78, 5) is 29.4. The first kappa shape index (κ1) is 32.5. The summed E-state index contributed by atoms with van der Waals surface area (Å²) in [5.41, 5.74) is 2.23. The van der Waals surface area contributed by atoms with Crippen LogP contribution in [0.1, 0.15) is 35.3 Å². The van der Waals surface area contributed by atoms with Crippen LogP contribution in [0, 0.1) is 0 Å². The minimum atomic E-state index is -3.94. The fourth-order valence-electron chi connectivity index (χ4n) is 4.57. The largest absolute Gasteiger partial charge is 0.491 e. The molecule has 0 radical (unpaired) electrons. The number of carboxylic acids is 1. The lowest BCUT2D eigenvalue weighted by Gasteiger charge is -2.22. The number of primary sulfonamides is 1. The number of carboxylic acid groups (broad SMARTS) is 1. The van der Waals surface area contributed by atoms with Gasteiger partial charge < -0.3 is 19.9 Å². The molecule has 2 aromatic heterocycles. The number of fused-ring (bicyclic) bond motifs is 1. The lowest BCUT2D eigenvalue weighted by molar-refractivity contribution is -0.138. The van der Waals surface area contributed by atoms with Crippen molar-refractivity contribution in [3.05, 3.63) is 95.8 Å². The average molecular weight is 669 g/mol. The Balaban J connectivity index is 1.35. The van der Waals surface area contributed by atoms with Crippen molar-refractivity contribution < 1.29 is 37.0 Å². The summed E-state index contributed by atoms with van der Waals surface area (Å²) in [7, 11) is -3.94. The Bertz CT molecular complexity index is 1920. The molecule has 0 spiro atoms. The maximum Gasteiger partial charge on any atom is 0.305 e. The monoisotopic (exact) mass is 668 g/mol. The van der Waals surface area contributed by atoms with Gasteiger partial charge >= 0.3 is 5.97 Å². The fraction of sp³-hybridized carbons (Fsp3) is 0.233. The van der Waals surface area contributed by atoms with Gasteiger partial charge in [-0.1, -0.05) is 47.7 Å². The summed E-state index contributed by atoms with van der Waals surface area (Å²) in [6, 6.07) is 18.8. The SMILES string of the molecule is NS(=O)(=O)c1nc2ccc(OCc3cn([C@@H](Cc4ccc(OCCF)cc4)C(=O)N[C@@H](CC(=O)O)c4ccccc4)nn3)cc2s1. The van der Waals surface area contributed by atoms with Crippen molar-refractivity contribution in [3.63, 3.8) is 0 Å². The molecule has 0 aliphatic heterocycles. The number of nitrogens with zero attached hydrogens (tertiary/aromatic N) is 4. The van der Waals surface area contributed by atoms with Gasteiger partial charge in [-0.15, -0.1) is 16.4 Å². The third-order valence-corrected chi connectivity index (χ3v) is 9.08. The van der Waals surface area contributed by atoms with Crippen LogP contribution in [0.4, 0.5) is 4.39 Å². The van der Waals surface area contributed by atoms with Crippen LogP contribution in [0.5, 0.6) is 11.5 Å². The summed E-state index contributed by atoms with van der Waals surface area (Å²) in [5, 5.41) is 25.9. The Morgan fingerprint density at radius 2 is 1.78 bits per heavy atom. The zero-order valence-corrected chi connectivity index (χ0v) is 25.8. The van der Waals surface area contributed by atoms with Gasteiger partial charge in [0.25, 0.3) is 10.0 Å². The molecule has 2 heterocycles. The molecule has 2 atom stereocenters. The smallest absolute Gasteiger partial charge is 0.305 e. The summed E-state index contributed by atoms with van der Waals surface area (Å²) in [6.07, 6.45) is 1.40. The number of sulfonamides is 1. The van der Waals surface area contributed by atoms with Crippen LogP contribution in [0.2, 0.25) is 0 Å². The normalized spacial score (nSPS) is 12.8. The van der Waals surface area contributed by atoms with E-state index in [1.807, 2.05) is 0 Å². The number of hydrogen-bond donors (Lipinski definition) is 3. The molecule has 5 rings (SSSR count). The number of aliphatic carboxylic acids is 1. The highest BCUT2D eigenvalue weighted by atomic mass is 32.2. The van der Waals surface area contributed by atoms with Crippen molar-refractivity contribution in [1.82, 2.24) is 25.3 Å². The van der Waals surface area contributed by atoms with Gasteiger partial charge in [0.15, 0.2) is 0 Å². The second-order valence-corrected chi connectivity index (χ2v) is 12.9. The van der Waals surface area contributed by atoms with Gasteiger partial charge in [-0.2, -0.15) is 0 Å². The number of thiazole rings is 1. The van der Waals surface area contributed by atoms with Crippen molar-refractivity contribution in [1.29, 1.82) is 0 Å². The van der Waals surface area contributed by atoms with Crippen LogP contribution in [0.25, 0.3) is 10.2 Å². The van der Waals surface area contributed by atoms with Crippen LogP contribution in [0.3, 0.4) is 0 Å². The van der Waals surface area contributed by atoms with E-state index < -0.39 is 40.7 Å². The summed E-state index contributed by atoms with van der Waals surface area (Å²) in [5.74, 6) is -0.653. The van der Waals surface area contributed by atoms with E-state index in [-0.39, 0.29) is 30.4 Å². The van der Waals surface area contributed by atoms with Gasteiger partial charge in [-0.05, 0) is 41.5 Å². The van der Waals surface area contributed by atoms with Gasteiger partial charge in [0.2, 0.25) is 10.2 Å². The van der Waals surface area contributed by atoms with Crippen molar-refractivity contribution >= 4 is 43.5 Å². The Kier molecular flexibility index (Phi) is 10.2. The number of amides is 1. The van der Waals surface area contributed by atoms with Gasteiger partial charge in [0.1, 0.15) is 43.1 Å². The van der Waals surface area contributed by atoms with E-state index in [9.17, 15) is 27.5 Å². The maximum absolute atomic E-state index is 13.8. The number of nitrogens with two attached hydrogens (primary N) is 1. The van der Waals surface area contributed by atoms with Gasteiger partial charge in [-0.3, -0.25) is 9.59 Å². The number of carbonyl (C=O) groups is 2. The molecule has 13 nitrogen and oxygen atoms in total. The van der Waals surface area contributed by atoms with E-state index in [1.54, 1.807) is 79.0 Å². The Morgan fingerprint density at radius 3 is 2.48 bits per heavy atom. The van der Waals surface area contributed by atoms with E-state index >= 15 is 0 Å². The van der Waals surface area contributed by atoms with Crippen molar-refractivity contribution in [2.45, 2.75) is 35.9 Å². The minimum absolute atomic E-state index is 0.0209. The molecule has 0 bridgehead atoms. The average Bonchev–Trinajstić information content (AvgIpc) is 3.69. The zero-order chi connectivity index (χ0) is 32.7. The molecule has 0 aliphatic rings. The first-order valence-corrected chi connectivity index (χ1v) is 16.3. The second kappa shape index (κ2) is 14.4. The minimum Gasteiger partial charge on any atom is -0.491 e. The molecule has 240 valence electrons. The topological polar surface area (TPSA) is 189 Å². The van der Waals surface area contributed by atoms with Gasteiger partial charge in [0, 0.05) is 6.42 Å². The Morgan fingerprint density at radius 1 is 1.04 bits per heavy atom. The van der Waals surface area contributed by atoms with E-state index in [4.69, 9.17) is 14.6 Å². The van der Waals surface area contributed by atoms with E-state index in [1.165, 1.54) is 4.68 Å². The van der Waals surface area contributed by atoms with Crippen LogP contribution < -0.4 is 19.9 Å². The summed E-state index contributed by atoms with van der Waals surface area (Å²) in [6.45, 7) is -0.721. The van der Waals surface area contributed by atoms with Gasteiger partial charge in [-0.25, -0.2) is 27.6 Å². The van der Waals surface area contributed by atoms with Crippen LogP contribution in [-0.2, 0) is 32.6 Å². The van der Waals surface area contributed by atoms with E-state index in [2.05, 4.69) is 20.6 Å². The van der Waals surface area contributed by atoms with Crippen molar-refractivity contribution in [2.24, 2.45) is 5.14 Å². The molecule has 16 heteroatoms. The number of aromatic nitrogens is 4. The molecule has 1 amide bonds. The number of ether oxygens (including phenoxy) is 2. The molecule has 0 saturated carbocycles. The third kappa shape index (κ3) is 8.41. The predicted octanol–water partition coefficient (Wildman–Crippen LogP) is 3.58. The van der Waals surface area contributed by atoms with Crippen molar-refractivity contribution in [3.8, 4) is 11.5 Å². The summed E-state index contributed by atoms with van der Waals surface area (Å²) < 4.78 is 48.7. The number of hydrogen-bond acceptors (Lipinski definition) is 10. The molecule has 0 fully saturated rings. The first-order valence-electron chi connectivity index (χ1n) is 13.9. The number of nitrogens with one attached hydrogen (secondary N) is 1. The quantitative estimate of drug-likeness (QED) is 0.149. The summed E-state index contributed by atoms with van der Waals surface area (Å²) >= 11 is 0.922. The molecule has 0 unspecified atom stereocenters. The number of benzene rings is 3. The molecule has 3 aromatic carbocycles. The molecule has 4 N–H and O–H groups in total. The third-order valence-electron chi connectivity index (χ3n) is 6.75. The molecule has 46 heavy (non-hydrogen) atoms. The Labute approximate surface area is 266 Å². The van der Waals surface area contributed by atoms with Crippen molar-refractivity contribution in [2.75, 3.05) is 13.3 Å². The Hall–Kier alpha value is -4.93. The first-order chi connectivity index (χ1) is 22.1. The maximum atomic E-state index is 13.8. The van der Waals surface area contributed by atoms with Crippen LogP contribution >= 0.6 is 11.3 Å². The molecule has 0 aliphatic carbocycles. The predicted molar refractivity (Wildman–Crippen MR) is 166 cm³/mol. The van der Waals surface area contributed by atoms with Crippen LogP contribution in [-0.4, -0.2) is 58.7 Å². The highest BCUT2D eigenvalue weighted by Crippen LogP contribution is 2.29. The van der Waals surface area contributed by atoms with E-state index in [0.717, 1.165) is 16.9 Å². The van der Waals surface area contributed by atoms with E-state index in [0.29, 0.717) is 33.0 Å². The van der Waals surface area contributed by atoms with Gasteiger partial charge in [0.05, 0.1) is 28.9 Å². The standard InChI is InChI=1S/C30H29FN6O7S2/c31-12-13-43-22-8-6-19(7-9-22)14-26(29(40)33-25(16-28(38)39)20-4-2-1-3-5-20)37-17-21(35-36-37)18-44-23-10-11-24-27(15-23)45-30(34-24)46(32,41)42/h1-11,15,17,25-26H,12-14,16,18H2,(H,33,40)(H,38,39)(H2,32,41,42)/t25-,26-/m0/s1. The number of carbonyl (C=O) groups excluding carboxylic acids is 1. The lowest BCUT2D eigenvalue weighted by atomic mass is 10.0. The molecular formula is C30H29FN6O7S2. The zero-order valence-electron chi connectivity index (χ0n) is 24.2. The lowest BCUT2D eigenvalue weighted by Crippen LogP contribution is -2.37.